The van der Waals surface area contributed by atoms with Crippen LogP contribution >= 0.6 is 21.6 Å². The average molecular weight is 1170 g/mol. The van der Waals surface area contributed by atoms with Gasteiger partial charge in [-0.3, -0.25) is 19.4 Å². The monoisotopic (exact) mass is 1170 g/mol. The summed E-state index contributed by atoms with van der Waals surface area (Å²) in [6.45, 7) is 20.5. The van der Waals surface area contributed by atoms with Gasteiger partial charge in [0.15, 0.2) is 0 Å². The first kappa shape index (κ1) is 79.4. The summed E-state index contributed by atoms with van der Waals surface area (Å²) in [5.74, 6) is 1.48. The fourth-order valence-corrected chi connectivity index (χ4v) is 13.3. The molecule has 0 saturated carbocycles. The van der Waals surface area contributed by atoms with E-state index < -0.39 is 18.2 Å². The van der Waals surface area contributed by atoms with Crippen molar-refractivity contribution in [2.45, 2.75) is 342 Å². The zero-order valence-corrected chi connectivity index (χ0v) is 55.5. The molecule has 11 nitrogen and oxygen atoms in total. The minimum Gasteiger partial charge on any atom is -0.392 e. The second-order valence-electron chi connectivity index (χ2n) is 24.2. The fourth-order valence-electron chi connectivity index (χ4n) is 11.1. The van der Waals surface area contributed by atoms with Gasteiger partial charge in [-0.05, 0) is 90.5 Å². The normalized spacial score (nSPS) is 13.9. The topological polar surface area (TPSA) is 149 Å². The van der Waals surface area contributed by atoms with Crippen molar-refractivity contribution in [3.05, 3.63) is 0 Å². The molecule has 5 atom stereocenters. The van der Waals surface area contributed by atoms with Gasteiger partial charge in [0, 0.05) is 50.7 Å². The minimum atomic E-state index is -0.606. The maximum Gasteiger partial charge on any atom is 0.242 e. The van der Waals surface area contributed by atoms with Gasteiger partial charge in [0.05, 0.1) is 24.4 Å². The lowest BCUT2D eigenvalue weighted by molar-refractivity contribution is -0.129. The summed E-state index contributed by atoms with van der Waals surface area (Å²) in [5.41, 5.74) is 0. The van der Waals surface area contributed by atoms with Crippen LogP contribution in [0.3, 0.4) is 0 Å². The lowest BCUT2D eigenvalue weighted by Crippen LogP contribution is -2.47. The molecule has 0 aliphatic rings. The van der Waals surface area contributed by atoms with Crippen molar-refractivity contribution in [1.82, 2.24) is 25.3 Å². The number of unbranched alkanes of at least 4 members (excludes halogenated alkanes) is 29. The maximum atomic E-state index is 13.7. The first-order valence-electron chi connectivity index (χ1n) is 34.7. The van der Waals surface area contributed by atoms with Crippen molar-refractivity contribution in [3.8, 4) is 0 Å². The number of rotatable bonds is 65. The van der Waals surface area contributed by atoms with Gasteiger partial charge in [-0.1, -0.05) is 269 Å². The van der Waals surface area contributed by atoms with Crippen LogP contribution in [0, 0.1) is 0 Å². The number of hydrogen-bond acceptors (Lipinski definition) is 11. The Hall–Kier alpha value is -0.640. The number of carbonyl (C=O) groups excluding carboxylic acids is 2. The first-order valence-corrected chi connectivity index (χ1v) is 37.2. The highest BCUT2D eigenvalue weighted by Gasteiger charge is 2.22. The average Bonchev–Trinajstić information content (AvgIpc) is 3.44. The van der Waals surface area contributed by atoms with E-state index in [2.05, 4.69) is 66.9 Å². The summed E-state index contributed by atoms with van der Waals surface area (Å²) in [6.07, 6.45) is 45.7. The zero-order valence-electron chi connectivity index (χ0n) is 53.8. The molecule has 0 bridgehead atoms. The number of aliphatic hydroxyl groups excluding tert-OH is 4. The SMILES string of the molecule is CCCCCCCCCCC(O)CN(CCCCSSCCC(NC(=O)CCCN(CC(O)CCCCCCCCCC)CC(O)CCCCCCCCCC)C(=O)NCCCN(CC)CC)CC(O)CCCCCCCCCC. The molecule has 80 heavy (non-hydrogen) atoms. The number of nitrogens with one attached hydrogen (secondary N) is 2. The third kappa shape index (κ3) is 54.0. The molecule has 0 aromatic heterocycles. The Morgan fingerprint density at radius 2 is 0.688 bits per heavy atom. The predicted molar refractivity (Wildman–Crippen MR) is 351 cm³/mol. The standard InChI is InChI=1S/C67H137N5O6S2/c1-7-13-17-21-25-29-33-37-45-61(73)57-71(58-62(74)46-38-34-30-26-22-18-14-8-2)52-41-42-55-79-80-56-50-65(67(78)68-51-44-54-70(11-5)12-6)69-66(77)49-43-53-72(59-63(75)47-39-35-31-27-23-19-15-9-3)60-64(76)48-40-36-32-28-24-20-16-10-4/h61-65,73-76H,7-60H2,1-6H3,(H,68,78)(H,69,77). The second-order valence-corrected chi connectivity index (χ2v) is 26.9. The van der Waals surface area contributed by atoms with Crippen LogP contribution < -0.4 is 10.6 Å². The molecule has 0 aromatic rings. The molecule has 0 fully saturated rings. The summed E-state index contributed by atoms with van der Waals surface area (Å²) < 4.78 is 0. The molecule has 478 valence electrons. The Morgan fingerprint density at radius 1 is 0.362 bits per heavy atom. The van der Waals surface area contributed by atoms with Gasteiger partial charge in [0.25, 0.3) is 0 Å². The molecule has 0 rings (SSSR count). The van der Waals surface area contributed by atoms with Crippen LogP contribution in [0.2, 0.25) is 0 Å². The third-order valence-electron chi connectivity index (χ3n) is 16.3. The number of carbonyl (C=O) groups is 2. The zero-order chi connectivity index (χ0) is 58.8. The Morgan fingerprint density at radius 3 is 1.05 bits per heavy atom. The predicted octanol–water partition coefficient (Wildman–Crippen LogP) is 15.8. The van der Waals surface area contributed by atoms with Crippen LogP contribution in [-0.4, -0.2) is 154 Å². The van der Waals surface area contributed by atoms with Gasteiger partial charge < -0.3 is 36.0 Å². The van der Waals surface area contributed by atoms with E-state index in [0.29, 0.717) is 52.1 Å². The molecule has 6 N–H and O–H groups in total. The summed E-state index contributed by atoms with van der Waals surface area (Å²) in [4.78, 5) is 34.2. The molecular formula is C67H137N5O6S2. The van der Waals surface area contributed by atoms with Crippen molar-refractivity contribution < 1.29 is 30.0 Å². The molecule has 0 saturated heterocycles. The highest BCUT2D eigenvalue weighted by Crippen LogP contribution is 2.25. The lowest BCUT2D eigenvalue weighted by Gasteiger charge is -2.27. The molecule has 0 spiro atoms. The van der Waals surface area contributed by atoms with E-state index in [0.717, 1.165) is 121 Å². The van der Waals surface area contributed by atoms with E-state index in [1.807, 2.05) is 10.8 Å². The van der Waals surface area contributed by atoms with Gasteiger partial charge in [-0.25, -0.2) is 0 Å². The molecular weight excluding hydrogens is 1030 g/mol. The number of hydrogen-bond donors (Lipinski definition) is 6. The van der Waals surface area contributed by atoms with Gasteiger partial charge in [-0.2, -0.15) is 0 Å². The Bertz CT molecular complexity index is 1230. The third-order valence-corrected chi connectivity index (χ3v) is 18.9. The molecule has 0 radical (unpaired) electrons. The van der Waals surface area contributed by atoms with Gasteiger partial charge >= 0.3 is 0 Å². The summed E-state index contributed by atoms with van der Waals surface area (Å²) in [6, 6.07) is -0.606. The summed E-state index contributed by atoms with van der Waals surface area (Å²) in [7, 11) is 3.60. The first-order chi connectivity index (χ1) is 39.0. The minimum absolute atomic E-state index is 0.118. The van der Waals surface area contributed by atoms with Crippen LogP contribution in [0.1, 0.15) is 311 Å². The van der Waals surface area contributed by atoms with Gasteiger partial charge in [0.1, 0.15) is 6.04 Å². The van der Waals surface area contributed by atoms with Crippen LogP contribution in [0.5, 0.6) is 0 Å². The van der Waals surface area contributed by atoms with Gasteiger partial charge in [0.2, 0.25) is 11.8 Å². The van der Waals surface area contributed by atoms with Crippen molar-refractivity contribution in [2.24, 2.45) is 0 Å². The quantitative estimate of drug-likeness (QED) is 0.0255. The Balaban J connectivity index is 5.39. The van der Waals surface area contributed by atoms with E-state index in [4.69, 9.17) is 0 Å². The maximum absolute atomic E-state index is 13.7. The highest BCUT2D eigenvalue weighted by atomic mass is 33.1. The molecule has 0 heterocycles. The molecule has 0 aliphatic carbocycles. The van der Waals surface area contributed by atoms with E-state index in [9.17, 15) is 30.0 Å². The summed E-state index contributed by atoms with van der Waals surface area (Å²) >= 11 is 0. The smallest absolute Gasteiger partial charge is 0.242 e. The second kappa shape index (κ2) is 61.4. The van der Waals surface area contributed by atoms with E-state index in [-0.39, 0.29) is 30.4 Å². The van der Waals surface area contributed by atoms with Gasteiger partial charge in [-0.15, -0.1) is 0 Å². The van der Waals surface area contributed by atoms with Crippen molar-refractivity contribution >= 4 is 33.4 Å². The van der Waals surface area contributed by atoms with E-state index in [1.54, 1.807) is 10.8 Å². The van der Waals surface area contributed by atoms with Crippen molar-refractivity contribution in [2.75, 3.05) is 77.0 Å². The van der Waals surface area contributed by atoms with Crippen molar-refractivity contribution in [3.63, 3.8) is 0 Å². The van der Waals surface area contributed by atoms with Crippen LogP contribution in [-0.2, 0) is 9.59 Å². The fraction of sp³-hybridized carbons (Fsp3) is 0.970. The van der Waals surface area contributed by atoms with Crippen LogP contribution in [0.15, 0.2) is 0 Å². The molecule has 0 aromatic carbocycles. The molecule has 2 amide bonds. The van der Waals surface area contributed by atoms with E-state index >= 15 is 0 Å². The molecule has 5 unspecified atom stereocenters. The van der Waals surface area contributed by atoms with Crippen LogP contribution in [0.4, 0.5) is 0 Å². The van der Waals surface area contributed by atoms with Crippen molar-refractivity contribution in [1.29, 1.82) is 0 Å². The van der Waals surface area contributed by atoms with E-state index in [1.165, 1.54) is 167 Å². The summed E-state index contributed by atoms with van der Waals surface area (Å²) in [5, 5.41) is 50.8. The number of nitrogens with zero attached hydrogens (tertiary/aromatic N) is 3. The van der Waals surface area contributed by atoms with Crippen LogP contribution in [0.25, 0.3) is 0 Å². The Labute approximate surface area is 504 Å². The Kier molecular flexibility index (Phi) is 61.0. The number of aliphatic hydroxyl groups is 4. The molecule has 13 heteroatoms. The molecule has 0 aliphatic heterocycles. The number of amides is 2. The largest absolute Gasteiger partial charge is 0.392 e. The highest BCUT2D eigenvalue weighted by molar-refractivity contribution is 8.76. The lowest BCUT2D eigenvalue weighted by atomic mass is 10.0.